The van der Waals surface area contributed by atoms with Crippen LogP contribution in [0.5, 0.6) is 5.75 Å². The van der Waals surface area contributed by atoms with Crippen LogP contribution in [-0.4, -0.2) is 22.0 Å². The SMILES string of the molecule is CCn1ncc(Br)c1C(C)(O)Cc1ccc(OC)cc1. The van der Waals surface area contributed by atoms with Gasteiger partial charge in [-0.05, 0) is 47.5 Å². The first-order valence-corrected chi connectivity index (χ1v) is 7.34. The second-order valence-corrected chi connectivity index (χ2v) is 5.81. The molecule has 1 N–H and O–H groups in total. The molecule has 0 bridgehead atoms. The summed E-state index contributed by atoms with van der Waals surface area (Å²) < 4.78 is 7.79. The number of rotatable bonds is 5. The van der Waals surface area contributed by atoms with Crippen molar-refractivity contribution in [1.29, 1.82) is 0 Å². The molecule has 0 amide bonds. The maximum Gasteiger partial charge on any atom is 0.118 e. The number of nitrogens with zero attached hydrogens (tertiary/aromatic N) is 2. The highest BCUT2D eigenvalue weighted by molar-refractivity contribution is 9.10. The zero-order valence-corrected chi connectivity index (χ0v) is 13.5. The molecule has 0 saturated carbocycles. The highest BCUT2D eigenvalue weighted by Gasteiger charge is 2.30. The maximum atomic E-state index is 10.8. The molecule has 4 nitrogen and oxygen atoms in total. The molecule has 0 saturated heterocycles. The van der Waals surface area contributed by atoms with Gasteiger partial charge in [-0.1, -0.05) is 12.1 Å². The molecule has 1 atom stereocenters. The normalized spacial score (nSPS) is 14.1. The van der Waals surface area contributed by atoms with Crippen LogP contribution in [0.4, 0.5) is 0 Å². The van der Waals surface area contributed by atoms with Crippen molar-refractivity contribution < 1.29 is 9.84 Å². The lowest BCUT2D eigenvalue weighted by atomic mass is 9.93. The highest BCUT2D eigenvalue weighted by atomic mass is 79.9. The van der Waals surface area contributed by atoms with Crippen LogP contribution in [0.25, 0.3) is 0 Å². The molecule has 0 aliphatic carbocycles. The number of halogens is 1. The number of hydrogen-bond acceptors (Lipinski definition) is 3. The van der Waals surface area contributed by atoms with E-state index in [1.807, 2.05) is 42.8 Å². The molecule has 108 valence electrons. The van der Waals surface area contributed by atoms with Crippen LogP contribution < -0.4 is 4.74 Å². The van der Waals surface area contributed by atoms with E-state index in [-0.39, 0.29) is 0 Å². The summed E-state index contributed by atoms with van der Waals surface area (Å²) in [7, 11) is 1.64. The molecule has 1 aromatic carbocycles. The zero-order chi connectivity index (χ0) is 14.8. The van der Waals surface area contributed by atoms with Gasteiger partial charge in [0, 0.05) is 13.0 Å². The van der Waals surface area contributed by atoms with Gasteiger partial charge in [0.25, 0.3) is 0 Å². The number of methoxy groups -OCH3 is 1. The van der Waals surface area contributed by atoms with E-state index >= 15 is 0 Å². The summed E-state index contributed by atoms with van der Waals surface area (Å²) >= 11 is 3.47. The Morgan fingerprint density at radius 3 is 2.55 bits per heavy atom. The van der Waals surface area contributed by atoms with Gasteiger partial charge in [0.15, 0.2) is 0 Å². The number of ether oxygens (including phenoxy) is 1. The quantitative estimate of drug-likeness (QED) is 0.910. The smallest absolute Gasteiger partial charge is 0.118 e. The number of aromatic nitrogens is 2. The monoisotopic (exact) mass is 338 g/mol. The third-order valence-electron chi connectivity index (χ3n) is 3.31. The van der Waals surface area contributed by atoms with Gasteiger partial charge < -0.3 is 9.84 Å². The average Bonchev–Trinajstić information content (AvgIpc) is 2.81. The zero-order valence-electron chi connectivity index (χ0n) is 11.9. The van der Waals surface area contributed by atoms with Crippen molar-refractivity contribution in [3.05, 3.63) is 46.2 Å². The van der Waals surface area contributed by atoms with E-state index in [0.29, 0.717) is 6.42 Å². The molecule has 2 rings (SSSR count). The van der Waals surface area contributed by atoms with Crippen molar-refractivity contribution in [2.45, 2.75) is 32.4 Å². The Balaban J connectivity index is 2.27. The third-order valence-corrected chi connectivity index (χ3v) is 3.89. The van der Waals surface area contributed by atoms with E-state index in [9.17, 15) is 5.11 Å². The number of hydrogen-bond donors (Lipinski definition) is 1. The van der Waals surface area contributed by atoms with Crippen molar-refractivity contribution >= 4 is 15.9 Å². The number of aliphatic hydroxyl groups is 1. The van der Waals surface area contributed by atoms with Gasteiger partial charge in [0.05, 0.1) is 23.5 Å². The van der Waals surface area contributed by atoms with Crippen LogP contribution in [0.2, 0.25) is 0 Å². The fourth-order valence-corrected chi connectivity index (χ4v) is 3.09. The van der Waals surface area contributed by atoms with Crippen molar-refractivity contribution in [3.63, 3.8) is 0 Å². The summed E-state index contributed by atoms with van der Waals surface area (Å²) in [5.74, 6) is 0.813. The van der Waals surface area contributed by atoms with E-state index in [1.165, 1.54) is 0 Å². The van der Waals surface area contributed by atoms with Crippen LogP contribution in [0.15, 0.2) is 34.9 Å². The minimum absolute atomic E-state index is 0.515. The fraction of sp³-hybridized carbons (Fsp3) is 0.400. The fourth-order valence-electron chi connectivity index (χ4n) is 2.36. The molecular formula is C15H19BrN2O2. The molecule has 0 aliphatic heterocycles. The van der Waals surface area contributed by atoms with Gasteiger partial charge in [0.2, 0.25) is 0 Å². The summed E-state index contributed by atoms with van der Waals surface area (Å²) in [6.07, 6.45) is 2.24. The molecule has 1 heterocycles. The van der Waals surface area contributed by atoms with Gasteiger partial charge >= 0.3 is 0 Å². The van der Waals surface area contributed by atoms with Crippen LogP contribution in [-0.2, 0) is 18.6 Å². The summed E-state index contributed by atoms with van der Waals surface area (Å²) in [6, 6.07) is 7.73. The van der Waals surface area contributed by atoms with Crippen molar-refractivity contribution in [1.82, 2.24) is 9.78 Å². The van der Waals surface area contributed by atoms with Crippen LogP contribution in [0.1, 0.15) is 25.1 Å². The summed E-state index contributed by atoms with van der Waals surface area (Å²) in [4.78, 5) is 0. The first-order valence-electron chi connectivity index (χ1n) is 6.55. The Bertz CT molecular complexity index is 576. The van der Waals surface area contributed by atoms with E-state index in [0.717, 1.165) is 28.0 Å². The molecular weight excluding hydrogens is 320 g/mol. The Labute approximate surface area is 127 Å². The minimum atomic E-state index is -0.986. The number of aryl methyl sites for hydroxylation is 1. The highest BCUT2D eigenvalue weighted by Crippen LogP contribution is 2.31. The maximum absolute atomic E-state index is 10.8. The molecule has 2 aromatic rings. The summed E-state index contributed by atoms with van der Waals surface area (Å²) in [5.41, 5.74) is 0.863. The molecule has 1 unspecified atom stereocenters. The van der Waals surface area contributed by atoms with Crippen molar-refractivity contribution in [2.75, 3.05) is 7.11 Å². The lowest BCUT2D eigenvalue weighted by molar-refractivity contribution is 0.0472. The average molecular weight is 339 g/mol. The topological polar surface area (TPSA) is 47.3 Å². The van der Waals surface area contributed by atoms with Crippen LogP contribution in [0, 0.1) is 0 Å². The van der Waals surface area contributed by atoms with Gasteiger partial charge in [-0.25, -0.2) is 0 Å². The Morgan fingerprint density at radius 2 is 2.00 bits per heavy atom. The summed E-state index contributed by atoms with van der Waals surface area (Å²) in [6.45, 7) is 4.54. The van der Waals surface area contributed by atoms with Gasteiger partial charge in [-0.2, -0.15) is 5.10 Å². The van der Waals surface area contributed by atoms with E-state index < -0.39 is 5.60 Å². The second-order valence-electron chi connectivity index (χ2n) is 4.96. The molecule has 20 heavy (non-hydrogen) atoms. The Morgan fingerprint density at radius 1 is 1.35 bits per heavy atom. The minimum Gasteiger partial charge on any atom is -0.497 e. The van der Waals surface area contributed by atoms with Crippen LogP contribution in [0.3, 0.4) is 0 Å². The molecule has 0 aliphatic rings. The predicted octanol–water partition coefficient (Wildman–Crippen LogP) is 3.12. The largest absolute Gasteiger partial charge is 0.497 e. The molecule has 0 fully saturated rings. The third kappa shape index (κ3) is 3.04. The lowest BCUT2D eigenvalue weighted by Gasteiger charge is -2.25. The Hall–Kier alpha value is -1.33. The standard InChI is InChI=1S/C15H19BrN2O2/c1-4-18-14(13(16)10-17-18)15(2,19)9-11-5-7-12(20-3)8-6-11/h5-8,10,19H,4,9H2,1-3H3. The van der Waals surface area contributed by atoms with Crippen molar-refractivity contribution in [3.8, 4) is 5.75 Å². The van der Waals surface area contributed by atoms with Gasteiger partial charge in [-0.15, -0.1) is 0 Å². The van der Waals surface area contributed by atoms with E-state index in [1.54, 1.807) is 13.3 Å². The van der Waals surface area contributed by atoms with E-state index in [2.05, 4.69) is 21.0 Å². The number of benzene rings is 1. The van der Waals surface area contributed by atoms with Crippen LogP contribution >= 0.6 is 15.9 Å². The molecule has 5 heteroatoms. The Kier molecular flexibility index (Phi) is 4.50. The van der Waals surface area contributed by atoms with Crippen molar-refractivity contribution in [2.24, 2.45) is 0 Å². The molecule has 0 spiro atoms. The lowest BCUT2D eigenvalue weighted by Crippen LogP contribution is -2.28. The first-order chi connectivity index (χ1) is 9.47. The first kappa shape index (κ1) is 15.1. The second kappa shape index (κ2) is 5.97. The molecule has 1 aromatic heterocycles. The predicted molar refractivity (Wildman–Crippen MR) is 81.9 cm³/mol. The van der Waals surface area contributed by atoms with Gasteiger partial charge in [0.1, 0.15) is 11.4 Å². The van der Waals surface area contributed by atoms with E-state index in [4.69, 9.17) is 4.74 Å². The molecule has 0 radical (unpaired) electrons. The summed E-state index contributed by atoms with van der Waals surface area (Å²) in [5, 5.41) is 15.1. The van der Waals surface area contributed by atoms with Gasteiger partial charge in [-0.3, -0.25) is 4.68 Å².